The van der Waals surface area contributed by atoms with Crippen LogP contribution in [0.3, 0.4) is 0 Å². The number of ether oxygens (including phenoxy) is 1. The number of nitrogens with zero attached hydrogens (tertiary/aromatic N) is 1. The Bertz CT molecular complexity index is 908. The highest BCUT2D eigenvalue weighted by atomic mass is 35.5. The fourth-order valence-electron chi connectivity index (χ4n) is 4.27. The van der Waals surface area contributed by atoms with E-state index in [1.165, 1.54) is 0 Å². The van der Waals surface area contributed by atoms with Gasteiger partial charge in [0.15, 0.2) is 0 Å². The summed E-state index contributed by atoms with van der Waals surface area (Å²) in [5, 5.41) is 3.22. The number of methoxy groups -OCH3 is 1. The van der Waals surface area contributed by atoms with Crippen LogP contribution in [0.5, 0.6) is 5.75 Å². The van der Waals surface area contributed by atoms with E-state index >= 15 is 0 Å². The minimum absolute atomic E-state index is 0.136. The highest BCUT2D eigenvalue weighted by molar-refractivity contribution is 6.27. The van der Waals surface area contributed by atoms with Crippen LogP contribution in [-0.4, -0.2) is 35.7 Å². The molecule has 172 valence electrons. The van der Waals surface area contributed by atoms with Crippen molar-refractivity contribution in [1.29, 1.82) is 0 Å². The van der Waals surface area contributed by atoms with Gasteiger partial charge in [0.1, 0.15) is 17.7 Å². The lowest BCUT2D eigenvalue weighted by Gasteiger charge is -2.34. The molecule has 1 saturated carbocycles. The first-order valence-corrected chi connectivity index (χ1v) is 11.8. The molecule has 0 radical (unpaired) electrons. The molecule has 0 bridgehead atoms. The number of hydrogen-bond acceptors (Lipinski definition) is 3. The van der Waals surface area contributed by atoms with Crippen LogP contribution in [0.2, 0.25) is 0 Å². The van der Waals surface area contributed by atoms with E-state index in [1.54, 1.807) is 12.0 Å². The lowest BCUT2D eigenvalue weighted by molar-refractivity contribution is -0.140. The molecule has 1 aliphatic carbocycles. The van der Waals surface area contributed by atoms with Crippen LogP contribution in [0.25, 0.3) is 0 Å². The van der Waals surface area contributed by atoms with Crippen molar-refractivity contribution in [2.75, 3.05) is 13.0 Å². The average Bonchev–Trinajstić information content (AvgIpc) is 2.81. The van der Waals surface area contributed by atoms with Gasteiger partial charge in [0.05, 0.1) is 7.11 Å². The zero-order valence-electron chi connectivity index (χ0n) is 19.1. The first-order chi connectivity index (χ1) is 15.4. The van der Waals surface area contributed by atoms with Gasteiger partial charge in [-0.1, -0.05) is 48.9 Å². The summed E-state index contributed by atoms with van der Waals surface area (Å²) in [7, 11) is 1.61. The van der Waals surface area contributed by atoms with Crippen molar-refractivity contribution in [1.82, 2.24) is 10.2 Å². The van der Waals surface area contributed by atoms with Crippen LogP contribution in [0, 0.1) is 12.8 Å². The molecule has 3 rings (SSSR count). The van der Waals surface area contributed by atoms with Gasteiger partial charge in [-0.2, -0.15) is 0 Å². The van der Waals surface area contributed by atoms with Gasteiger partial charge in [0, 0.05) is 12.6 Å². The molecule has 1 aliphatic rings. The summed E-state index contributed by atoms with van der Waals surface area (Å²) in [4.78, 5) is 28.1. The number of rotatable bonds is 8. The quantitative estimate of drug-likeness (QED) is 0.568. The van der Waals surface area contributed by atoms with Crippen molar-refractivity contribution in [3.8, 4) is 5.75 Å². The molecule has 5 nitrogen and oxygen atoms in total. The Balaban J connectivity index is 1.92. The van der Waals surface area contributed by atoms with E-state index < -0.39 is 6.04 Å². The van der Waals surface area contributed by atoms with Crippen LogP contribution in [0.1, 0.15) is 55.3 Å². The summed E-state index contributed by atoms with van der Waals surface area (Å²) in [5.74, 6) is 0.759. The van der Waals surface area contributed by atoms with Crippen molar-refractivity contribution in [2.24, 2.45) is 5.92 Å². The molecule has 0 aromatic heterocycles. The van der Waals surface area contributed by atoms with Gasteiger partial charge in [-0.3, -0.25) is 9.59 Å². The lowest BCUT2D eigenvalue weighted by Crippen LogP contribution is -2.47. The molecular weight excluding hydrogens is 424 g/mol. The van der Waals surface area contributed by atoms with E-state index in [2.05, 4.69) is 12.2 Å². The topological polar surface area (TPSA) is 58.6 Å². The number of benzene rings is 2. The fourth-order valence-corrected chi connectivity index (χ4v) is 4.43. The molecule has 6 heteroatoms. The Kier molecular flexibility index (Phi) is 8.57. The maximum absolute atomic E-state index is 13.6. The molecule has 0 unspecified atom stereocenters. The molecule has 0 aliphatic heterocycles. The summed E-state index contributed by atoms with van der Waals surface area (Å²) in [6.45, 7) is 4.51. The van der Waals surface area contributed by atoms with Crippen LogP contribution in [0.15, 0.2) is 48.5 Å². The first kappa shape index (κ1) is 24.1. The molecule has 0 heterocycles. The highest BCUT2D eigenvalue weighted by Crippen LogP contribution is 2.28. The van der Waals surface area contributed by atoms with Crippen molar-refractivity contribution >= 4 is 23.4 Å². The Labute approximate surface area is 196 Å². The maximum atomic E-state index is 13.6. The number of aryl methyl sites for hydroxylation is 1. The predicted molar refractivity (Wildman–Crippen MR) is 128 cm³/mol. The third kappa shape index (κ3) is 6.26. The second-order valence-electron chi connectivity index (χ2n) is 8.79. The third-order valence-electron chi connectivity index (χ3n) is 6.24. The largest absolute Gasteiger partial charge is 0.497 e. The minimum Gasteiger partial charge on any atom is -0.497 e. The molecule has 1 N–H and O–H groups in total. The highest BCUT2D eigenvalue weighted by Gasteiger charge is 2.33. The first-order valence-electron chi connectivity index (χ1n) is 11.3. The molecule has 0 spiro atoms. The van der Waals surface area contributed by atoms with E-state index in [0.717, 1.165) is 42.4 Å². The Morgan fingerprint density at radius 2 is 1.81 bits per heavy atom. The number of carbonyl (C=O) groups is 2. The number of hydrogen-bond donors (Lipinski definition) is 1. The second kappa shape index (κ2) is 11.4. The van der Waals surface area contributed by atoms with Crippen molar-refractivity contribution in [2.45, 2.75) is 58.2 Å². The fraction of sp³-hybridized carbons (Fsp3) is 0.462. The molecule has 2 aromatic rings. The summed E-state index contributed by atoms with van der Waals surface area (Å²) in [6, 6.07) is 14.7. The molecule has 1 atom stereocenters. The van der Waals surface area contributed by atoms with E-state index in [9.17, 15) is 9.59 Å². The molecule has 2 amide bonds. The van der Waals surface area contributed by atoms with E-state index in [4.69, 9.17) is 16.3 Å². The summed E-state index contributed by atoms with van der Waals surface area (Å²) < 4.78 is 5.33. The van der Waals surface area contributed by atoms with Gasteiger partial charge < -0.3 is 15.0 Å². The Hall–Kier alpha value is -2.53. The number of amides is 2. The number of nitrogens with one attached hydrogen (secondary N) is 1. The molecule has 2 aromatic carbocycles. The predicted octanol–water partition coefficient (Wildman–Crippen LogP) is 5.01. The van der Waals surface area contributed by atoms with Crippen molar-refractivity contribution in [3.63, 3.8) is 0 Å². The number of alkyl halides is 1. The summed E-state index contributed by atoms with van der Waals surface area (Å²) in [5.41, 5.74) is 2.75. The normalized spacial score (nSPS) is 19.1. The van der Waals surface area contributed by atoms with Crippen molar-refractivity contribution < 1.29 is 14.3 Å². The van der Waals surface area contributed by atoms with E-state index in [-0.39, 0.29) is 30.3 Å². The summed E-state index contributed by atoms with van der Waals surface area (Å²) in [6.07, 6.45) is 4.14. The van der Waals surface area contributed by atoms with Crippen LogP contribution in [0.4, 0.5) is 0 Å². The maximum Gasteiger partial charge on any atom is 0.247 e. The monoisotopic (exact) mass is 456 g/mol. The van der Waals surface area contributed by atoms with Crippen LogP contribution >= 0.6 is 11.6 Å². The van der Waals surface area contributed by atoms with Crippen LogP contribution < -0.4 is 10.1 Å². The Morgan fingerprint density at radius 3 is 2.44 bits per heavy atom. The lowest BCUT2D eigenvalue weighted by atomic mass is 9.87. The molecular formula is C26H33ClN2O3. The molecule has 32 heavy (non-hydrogen) atoms. The average molecular weight is 457 g/mol. The van der Waals surface area contributed by atoms with Crippen LogP contribution in [-0.2, 0) is 16.1 Å². The van der Waals surface area contributed by atoms with Crippen molar-refractivity contribution in [3.05, 3.63) is 65.2 Å². The van der Waals surface area contributed by atoms with Gasteiger partial charge in [-0.15, -0.1) is 11.6 Å². The van der Waals surface area contributed by atoms with Gasteiger partial charge in [-0.05, 0) is 61.8 Å². The zero-order valence-corrected chi connectivity index (χ0v) is 19.9. The molecule has 0 saturated heterocycles. The zero-order chi connectivity index (χ0) is 23.1. The standard InChI is InChI=1S/C26H33ClN2O3/c1-18-7-11-21(12-8-18)25(26(31)28-22-13-9-19(2)10-14-22)29(24(30)16-27)17-20-5-4-6-23(15-20)32-3/h4-8,11-12,15,19,22,25H,9-10,13-14,16-17H2,1-3H3,(H,28,31)/t19?,22?,25-/m0/s1. The van der Waals surface area contributed by atoms with Gasteiger partial charge in [0.2, 0.25) is 11.8 Å². The van der Waals surface area contributed by atoms with Gasteiger partial charge in [0.25, 0.3) is 0 Å². The van der Waals surface area contributed by atoms with Gasteiger partial charge >= 0.3 is 0 Å². The number of halogens is 1. The third-order valence-corrected chi connectivity index (χ3v) is 6.47. The molecule has 1 fully saturated rings. The number of carbonyl (C=O) groups excluding carboxylic acids is 2. The smallest absolute Gasteiger partial charge is 0.247 e. The van der Waals surface area contributed by atoms with E-state index in [0.29, 0.717) is 11.7 Å². The minimum atomic E-state index is -0.757. The van der Waals surface area contributed by atoms with E-state index in [1.807, 2.05) is 55.5 Å². The summed E-state index contributed by atoms with van der Waals surface area (Å²) >= 11 is 5.99. The Morgan fingerprint density at radius 1 is 1.12 bits per heavy atom. The second-order valence-corrected chi connectivity index (χ2v) is 9.05. The van der Waals surface area contributed by atoms with Gasteiger partial charge in [-0.25, -0.2) is 0 Å². The SMILES string of the molecule is COc1cccc(CN(C(=O)CCl)[C@H](C(=O)NC2CCC(C)CC2)c2ccc(C)cc2)c1.